The lowest BCUT2D eigenvalue weighted by atomic mass is 9.82. The van der Waals surface area contributed by atoms with Crippen molar-refractivity contribution in [2.75, 3.05) is 0 Å². The smallest absolute Gasteiger partial charge is 0.355 e. The third-order valence-corrected chi connectivity index (χ3v) is 9.54. The number of benzene rings is 2. The number of nitrogens with two attached hydrogens (primary N) is 1. The first kappa shape index (κ1) is 28.3. The largest absolute Gasteiger partial charge is 0.476 e. The van der Waals surface area contributed by atoms with Gasteiger partial charge in [-0.1, -0.05) is 30.0 Å². The molecule has 0 aliphatic heterocycles. The molecule has 7 nitrogen and oxygen atoms in total. The topological polar surface area (TPSA) is 115 Å². The van der Waals surface area contributed by atoms with Crippen molar-refractivity contribution in [3.63, 3.8) is 0 Å². The van der Waals surface area contributed by atoms with Gasteiger partial charge in [-0.25, -0.2) is 32.1 Å². The molecule has 3 N–H and O–H groups in total. The molecule has 216 valence electrons. The average Bonchev–Trinajstić information content (AvgIpc) is 3.48. The van der Waals surface area contributed by atoms with E-state index in [1.165, 1.54) is 22.8 Å². The lowest BCUT2D eigenvalue weighted by molar-refractivity contribution is 0.0691. The number of carboxylic acids is 1. The van der Waals surface area contributed by atoms with E-state index in [0.29, 0.717) is 41.3 Å². The van der Waals surface area contributed by atoms with Gasteiger partial charge >= 0.3 is 5.97 Å². The van der Waals surface area contributed by atoms with Crippen LogP contribution in [-0.4, -0.2) is 34.7 Å². The van der Waals surface area contributed by atoms with Crippen molar-refractivity contribution in [2.24, 2.45) is 11.1 Å². The van der Waals surface area contributed by atoms with Gasteiger partial charge in [-0.05, 0) is 85.9 Å². The summed E-state index contributed by atoms with van der Waals surface area (Å²) < 4.78 is 55.0. The highest BCUT2D eigenvalue weighted by atomic mass is 32.2. The Labute approximate surface area is 246 Å². The number of carboxylic acid groups (broad SMARTS) is 1. The van der Waals surface area contributed by atoms with Crippen LogP contribution in [0, 0.1) is 23.6 Å². The summed E-state index contributed by atoms with van der Waals surface area (Å²) in [5, 5.41) is 16.7. The number of alkyl halides is 1. The van der Waals surface area contributed by atoms with E-state index >= 15 is 0 Å². The maximum absolute atomic E-state index is 14.8. The van der Waals surface area contributed by atoms with E-state index in [-0.39, 0.29) is 12.2 Å². The first-order valence-electron chi connectivity index (χ1n) is 13.5. The highest BCUT2D eigenvalue weighted by Crippen LogP contribution is 2.41. The summed E-state index contributed by atoms with van der Waals surface area (Å²) in [4.78, 5) is 15.4. The number of aromatic nitrogens is 2. The Morgan fingerprint density at radius 3 is 2.60 bits per heavy atom. The molecule has 0 unspecified atom stereocenters. The van der Waals surface area contributed by atoms with Crippen molar-refractivity contribution in [1.29, 1.82) is 0 Å². The first-order chi connectivity index (χ1) is 20.0. The Kier molecular flexibility index (Phi) is 7.25. The molecule has 0 bridgehead atoms. The fraction of sp³-hybridized carbons (Fsp3) is 0.290. The van der Waals surface area contributed by atoms with Crippen LogP contribution in [0.2, 0.25) is 0 Å². The predicted octanol–water partition coefficient (Wildman–Crippen LogP) is 6.01. The zero-order valence-electron chi connectivity index (χ0n) is 22.4. The van der Waals surface area contributed by atoms with Crippen LogP contribution in [0.5, 0.6) is 0 Å². The number of carbonyl (C=O) groups is 1. The maximum atomic E-state index is 14.8. The molecular weight excluding hydrogens is 580 g/mol. The lowest BCUT2D eigenvalue weighted by Gasteiger charge is -2.27. The molecule has 11 heteroatoms. The number of hydrogen-bond donors (Lipinski definition) is 2. The molecule has 2 fully saturated rings. The van der Waals surface area contributed by atoms with Crippen LogP contribution in [0.15, 0.2) is 58.8 Å². The third-order valence-electron chi connectivity index (χ3n) is 7.72. The van der Waals surface area contributed by atoms with Crippen molar-refractivity contribution in [2.45, 2.75) is 55.6 Å². The number of halogens is 2. The molecule has 0 radical (unpaired) electrons. The summed E-state index contributed by atoms with van der Waals surface area (Å²) in [6.45, 7) is 0.208. The minimum absolute atomic E-state index is 0.0456. The lowest BCUT2D eigenvalue weighted by Crippen LogP contribution is -2.29. The van der Waals surface area contributed by atoms with Crippen molar-refractivity contribution < 1.29 is 27.1 Å². The number of hydrogen-bond acceptors (Lipinski definition) is 5. The fourth-order valence-electron chi connectivity index (χ4n) is 5.11. The predicted molar refractivity (Wildman–Crippen MR) is 156 cm³/mol. The monoisotopic (exact) mass is 607 g/mol. The van der Waals surface area contributed by atoms with Crippen LogP contribution in [0.4, 0.5) is 8.78 Å². The molecule has 4 aromatic rings. The summed E-state index contributed by atoms with van der Waals surface area (Å²) >= 11 is 1.24. The summed E-state index contributed by atoms with van der Waals surface area (Å²) in [5.41, 5.74) is 2.95. The van der Waals surface area contributed by atoms with Gasteiger partial charge in [0.1, 0.15) is 15.7 Å². The van der Waals surface area contributed by atoms with Crippen LogP contribution in [0.3, 0.4) is 0 Å². The standard InChI is InChI=1S/C31H27F2N3O4S2/c32-24-14-21(7-8-28(24)42(34,39)40)17-36-26(22-4-1-3-19(13-22)9-12-31(33)10-2-11-31)16-23(27(36)15-20-5-6-20)29-35-25(18-41-29)30(37)38/h1,3-4,7-8,13-14,16,18,20H,2,5-6,10-11,15,17H2,(H,37,38)(H2,34,39,40). The molecule has 2 heterocycles. The molecule has 2 saturated carbocycles. The molecule has 2 aliphatic carbocycles. The maximum Gasteiger partial charge on any atom is 0.355 e. The molecule has 0 spiro atoms. The number of aromatic carboxylic acids is 1. The Bertz CT molecular complexity index is 1880. The van der Waals surface area contributed by atoms with Crippen molar-refractivity contribution in [3.05, 3.63) is 82.2 Å². The summed E-state index contributed by atoms with van der Waals surface area (Å²) in [6.07, 6.45) is 4.52. The molecule has 0 amide bonds. The van der Waals surface area contributed by atoms with Gasteiger partial charge in [-0.3, -0.25) is 0 Å². The number of thiazole rings is 1. The van der Waals surface area contributed by atoms with Gasteiger partial charge < -0.3 is 9.67 Å². The van der Waals surface area contributed by atoms with E-state index in [4.69, 9.17) is 5.14 Å². The molecule has 42 heavy (non-hydrogen) atoms. The van der Waals surface area contributed by atoms with E-state index in [1.54, 1.807) is 0 Å². The molecule has 6 rings (SSSR count). The van der Waals surface area contributed by atoms with Gasteiger partial charge in [0.15, 0.2) is 11.4 Å². The molecular formula is C31H27F2N3O4S2. The Balaban J connectivity index is 1.49. The van der Waals surface area contributed by atoms with Crippen LogP contribution in [0.1, 0.15) is 59.4 Å². The van der Waals surface area contributed by atoms with Gasteiger partial charge in [0.05, 0.1) is 0 Å². The van der Waals surface area contributed by atoms with Crippen LogP contribution in [0.25, 0.3) is 21.8 Å². The zero-order valence-corrected chi connectivity index (χ0v) is 24.1. The molecule has 0 atom stereocenters. The van der Waals surface area contributed by atoms with Gasteiger partial charge in [-0.2, -0.15) is 0 Å². The second-order valence-electron chi connectivity index (χ2n) is 10.9. The molecule has 2 aromatic heterocycles. The minimum Gasteiger partial charge on any atom is -0.476 e. The van der Waals surface area contributed by atoms with E-state index < -0.39 is 32.4 Å². The summed E-state index contributed by atoms with van der Waals surface area (Å²) in [7, 11) is -4.22. The Hall–Kier alpha value is -3.85. The van der Waals surface area contributed by atoms with E-state index in [9.17, 15) is 27.1 Å². The van der Waals surface area contributed by atoms with Crippen LogP contribution >= 0.6 is 11.3 Å². The van der Waals surface area contributed by atoms with Crippen LogP contribution < -0.4 is 5.14 Å². The van der Waals surface area contributed by atoms with E-state index in [2.05, 4.69) is 16.8 Å². The van der Waals surface area contributed by atoms with Crippen molar-refractivity contribution in [3.8, 4) is 33.7 Å². The number of nitrogens with zero attached hydrogens (tertiary/aromatic N) is 2. The fourth-order valence-corrected chi connectivity index (χ4v) is 6.53. The second kappa shape index (κ2) is 10.8. The van der Waals surface area contributed by atoms with E-state index in [1.807, 2.05) is 34.9 Å². The SMILES string of the molecule is NS(=O)(=O)c1ccc(Cn2c(-c3cccc(C#CC4(F)CCC4)c3)cc(-c3nc(C(=O)O)cs3)c2CC2CC2)cc1F. The van der Waals surface area contributed by atoms with E-state index in [0.717, 1.165) is 53.9 Å². The Morgan fingerprint density at radius 2 is 1.98 bits per heavy atom. The minimum atomic E-state index is -4.22. The van der Waals surface area contributed by atoms with Gasteiger partial charge in [0.2, 0.25) is 10.0 Å². The van der Waals surface area contributed by atoms with Gasteiger partial charge in [0.25, 0.3) is 0 Å². The third kappa shape index (κ3) is 5.88. The number of rotatable bonds is 8. The average molecular weight is 608 g/mol. The second-order valence-corrected chi connectivity index (χ2v) is 13.3. The molecule has 2 aromatic carbocycles. The zero-order chi connectivity index (χ0) is 29.6. The first-order valence-corrected chi connectivity index (χ1v) is 16.0. The number of sulfonamides is 1. The highest BCUT2D eigenvalue weighted by Gasteiger charge is 2.35. The normalized spacial score (nSPS) is 16.0. The highest BCUT2D eigenvalue weighted by molar-refractivity contribution is 7.89. The molecule has 0 saturated heterocycles. The van der Waals surface area contributed by atoms with Crippen molar-refractivity contribution >= 4 is 27.3 Å². The summed E-state index contributed by atoms with van der Waals surface area (Å²) in [6, 6.07) is 13.2. The van der Waals surface area contributed by atoms with Crippen LogP contribution in [-0.2, 0) is 23.0 Å². The van der Waals surface area contributed by atoms with Gasteiger partial charge in [-0.15, -0.1) is 11.3 Å². The van der Waals surface area contributed by atoms with Gasteiger partial charge in [0, 0.05) is 34.4 Å². The number of primary sulfonamides is 1. The Morgan fingerprint density at radius 1 is 1.19 bits per heavy atom. The van der Waals surface area contributed by atoms with Crippen molar-refractivity contribution in [1.82, 2.24) is 9.55 Å². The molecule has 2 aliphatic rings. The quantitative estimate of drug-likeness (QED) is 0.238. The summed E-state index contributed by atoms with van der Waals surface area (Å²) in [5.74, 6) is 4.14.